The molecule has 44 heavy (non-hydrogen) atoms. The van der Waals surface area contributed by atoms with E-state index in [1.54, 1.807) is 26.9 Å². The Hall–Kier alpha value is -3.17. The molecule has 0 aliphatic carbocycles. The van der Waals surface area contributed by atoms with Crippen molar-refractivity contribution in [3.63, 3.8) is 0 Å². The molecule has 3 aliphatic rings. The normalized spacial score (nSPS) is 28.6. The van der Waals surface area contributed by atoms with Gasteiger partial charge < -0.3 is 29.4 Å². The molecule has 3 heterocycles. The van der Waals surface area contributed by atoms with E-state index in [0.29, 0.717) is 44.6 Å². The summed E-state index contributed by atoms with van der Waals surface area (Å²) in [5.74, 6) is -2.06. The lowest BCUT2D eigenvalue weighted by atomic mass is 9.62. The van der Waals surface area contributed by atoms with Gasteiger partial charge >= 0.3 is 0 Å². The van der Waals surface area contributed by atoms with Crippen molar-refractivity contribution in [1.82, 2.24) is 9.80 Å². The van der Waals surface area contributed by atoms with E-state index in [4.69, 9.17) is 4.74 Å². The fourth-order valence-corrected chi connectivity index (χ4v) is 7.97. The number of hydrogen-bond acceptors (Lipinski definition) is 6. The highest BCUT2D eigenvalue weighted by molar-refractivity contribution is 6.05. The molecule has 242 valence electrons. The zero-order valence-electron chi connectivity index (χ0n) is 27.3. The van der Waals surface area contributed by atoms with Gasteiger partial charge in [0.2, 0.25) is 11.8 Å². The molecule has 1 aromatic carbocycles. The minimum Gasteiger partial charge on any atom is -0.396 e. The Balaban J connectivity index is 1.79. The molecule has 3 fully saturated rings. The number of rotatable bonds is 16. The number of anilines is 2. The number of carbonyl (C=O) groups is 3. The molecule has 3 amide bonds. The molecule has 4 rings (SSSR count). The van der Waals surface area contributed by atoms with Crippen molar-refractivity contribution in [2.45, 2.75) is 77.5 Å². The molecule has 6 atom stereocenters. The van der Waals surface area contributed by atoms with E-state index in [-0.39, 0.29) is 36.8 Å². The van der Waals surface area contributed by atoms with Crippen molar-refractivity contribution in [3.05, 3.63) is 49.6 Å². The molecule has 3 unspecified atom stereocenters. The van der Waals surface area contributed by atoms with Crippen molar-refractivity contribution in [1.29, 1.82) is 0 Å². The Morgan fingerprint density at radius 3 is 2.25 bits per heavy atom. The first kappa shape index (κ1) is 33.7. The number of nitrogens with zero attached hydrogens (tertiary/aromatic N) is 4. The van der Waals surface area contributed by atoms with E-state index in [1.807, 2.05) is 38.1 Å². The summed E-state index contributed by atoms with van der Waals surface area (Å²) >= 11 is 0. The third kappa shape index (κ3) is 5.58. The van der Waals surface area contributed by atoms with E-state index in [1.165, 1.54) is 0 Å². The lowest BCUT2D eigenvalue weighted by Gasteiger charge is -2.39. The van der Waals surface area contributed by atoms with Crippen LogP contribution in [0.3, 0.4) is 0 Å². The van der Waals surface area contributed by atoms with E-state index in [0.717, 1.165) is 25.2 Å². The number of benzene rings is 1. The number of ether oxygens (including phenoxy) is 1. The Kier molecular flexibility index (Phi) is 10.6. The van der Waals surface area contributed by atoms with Crippen LogP contribution in [0.25, 0.3) is 0 Å². The molecule has 1 aromatic rings. The van der Waals surface area contributed by atoms with Gasteiger partial charge in [-0.25, -0.2) is 0 Å². The average molecular weight is 609 g/mol. The van der Waals surface area contributed by atoms with Crippen molar-refractivity contribution < 1.29 is 24.2 Å². The first-order chi connectivity index (χ1) is 21.1. The summed E-state index contributed by atoms with van der Waals surface area (Å²) < 4.78 is 6.94. The Bertz CT molecular complexity index is 1220. The molecular formula is C35H52N4O5. The van der Waals surface area contributed by atoms with Gasteiger partial charge in [-0.3, -0.25) is 14.4 Å². The van der Waals surface area contributed by atoms with E-state index in [9.17, 15) is 19.5 Å². The van der Waals surface area contributed by atoms with E-state index < -0.39 is 29.1 Å². The monoisotopic (exact) mass is 608 g/mol. The summed E-state index contributed by atoms with van der Waals surface area (Å²) in [4.78, 5) is 50.9. The Morgan fingerprint density at radius 1 is 1.05 bits per heavy atom. The Morgan fingerprint density at radius 2 is 1.68 bits per heavy atom. The van der Waals surface area contributed by atoms with Gasteiger partial charge in [0.1, 0.15) is 11.6 Å². The largest absolute Gasteiger partial charge is 0.396 e. The van der Waals surface area contributed by atoms with E-state index in [2.05, 4.69) is 38.8 Å². The highest BCUT2D eigenvalue weighted by Crippen LogP contribution is 2.65. The SMILES string of the molecule is C=CCN(CCC)C(=O)[C@@H]1[C@H]2C(=O)N(CCCCO)C(C(=O)N(CC=C)c3ccc(N(CC)CC)cc3)C23CC(C)[C@@]1(C)O3. The topological polar surface area (TPSA) is 93.6 Å². The summed E-state index contributed by atoms with van der Waals surface area (Å²) in [7, 11) is 0. The van der Waals surface area contributed by atoms with Gasteiger partial charge in [0.25, 0.3) is 5.91 Å². The van der Waals surface area contributed by atoms with Crippen LogP contribution < -0.4 is 9.80 Å². The molecule has 1 spiro atoms. The van der Waals surface area contributed by atoms with Gasteiger partial charge in [-0.15, -0.1) is 13.2 Å². The van der Waals surface area contributed by atoms with Crippen LogP contribution in [0.15, 0.2) is 49.6 Å². The fourth-order valence-electron chi connectivity index (χ4n) is 7.97. The highest BCUT2D eigenvalue weighted by Gasteiger charge is 2.80. The summed E-state index contributed by atoms with van der Waals surface area (Å²) in [6.07, 6.45) is 5.74. The predicted octanol–water partition coefficient (Wildman–Crippen LogP) is 4.26. The third-order valence-electron chi connectivity index (χ3n) is 10.1. The average Bonchev–Trinajstić information content (AvgIpc) is 3.52. The molecule has 9 heteroatoms. The van der Waals surface area contributed by atoms with Crippen LogP contribution in [0.4, 0.5) is 11.4 Å². The summed E-state index contributed by atoms with van der Waals surface area (Å²) in [5, 5.41) is 9.52. The molecule has 3 saturated heterocycles. The summed E-state index contributed by atoms with van der Waals surface area (Å²) in [6.45, 7) is 21.3. The second-order valence-corrected chi connectivity index (χ2v) is 12.7. The predicted molar refractivity (Wildman–Crippen MR) is 174 cm³/mol. The third-order valence-corrected chi connectivity index (χ3v) is 10.1. The zero-order valence-corrected chi connectivity index (χ0v) is 27.3. The van der Waals surface area contributed by atoms with Gasteiger partial charge in [0.15, 0.2) is 0 Å². The molecule has 9 nitrogen and oxygen atoms in total. The number of aliphatic hydroxyl groups excluding tert-OH is 1. The van der Waals surface area contributed by atoms with Crippen molar-refractivity contribution in [2.75, 3.05) is 55.7 Å². The number of hydrogen-bond donors (Lipinski definition) is 1. The number of unbranched alkanes of at least 4 members (excludes halogenated alkanes) is 1. The fraction of sp³-hybridized carbons (Fsp3) is 0.629. The maximum absolute atomic E-state index is 14.8. The van der Waals surface area contributed by atoms with Crippen LogP contribution in [-0.2, 0) is 19.1 Å². The van der Waals surface area contributed by atoms with Gasteiger partial charge in [-0.05, 0) is 76.6 Å². The standard InChI is InChI=1S/C35H52N4O5/c1-8-19-37(20-9-2)31(41)28-29-32(42)39(22-13-14-23-40)30(35(29)24-25(6)34(28,7)44-35)33(43)38(21-10-3)27-17-15-26(16-18-27)36(11-4)12-5/h8,10,15-18,25,28-30,40H,1,3,9,11-14,19-24H2,2,4-7H3/t25?,28-,29-,30?,34+,35?/m0/s1. The van der Waals surface area contributed by atoms with Crippen LogP contribution in [0.2, 0.25) is 0 Å². The number of aliphatic hydroxyl groups is 1. The number of fused-ring (bicyclic) bond motifs is 1. The van der Waals surface area contributed by atoms with Crippen molar-refractivity contribution >= 4 is 29.1 Å². The number of likely N-dealkylation sites (tertiary alicyclic amines) is 1. The van der Waals surface area contributed by atoms with Crippen molar-refractivity contribution in [3.8, 4) is 0 Å². The summed E-state index contributed by atoms with van der Waals surface area (Å²) in [6, 6.07) is 7.02. The number of carbonyl (C=O) groups excluding carboxylic acids is 3. The molecule has 0 saturated carbocycles. The molecular weight excluding hydrogens is 556 g/mol. The molecule has 2 bridgehead atoms. The number of amides is 3. The van der Waals surface area contributed by atoms with Crippen LogP contribution in [0.5, 0.6) is 0 Å². The van der Waals surface area contributed by atoms with Crippen LogP contribution >= 0.6 is 0 Å². The van der Waals surface area contributed by atoms with Crippen LogP contribution in [0.1, 0.15) is 60.3 Å². The molecule has 0 aromatic heterocycles. The Labute approximate surface area is 263 Å². The second-order valence-electron chi connectivity index (χ2n) is 12.7. The minimum absolute atomic E-state index is 0.00304. The van der Waals surface area contributed by atoms with E-state index >= 15 is 0 Å². The maximum Gasteiger partial charge on any atom is 0.253 e. The van der Waals surface area contributed by atoms with Gasteiger partial charge in [0.05, 0.1) is 17.4 Å². The van der Waals surface area contributed by atoms with Crippen LogP contribution in [0, 0.1) is 17.8 Å². The lowest BCUT2D eigenvalue weighted by molar-refractivity contribution is -0.151. The quantitative estimate of drug-likeness (QED) is 0.223. The molecule has 3 aliphatic heterocycles. The van der Waals surface area contributed by atoms with Gasteiger partial charge in [-0.2, -0.15) is 0 Å². The second kappa shape index (κ2) is 13.9. The lowest BCUT2D eigenvalue weighted by Crippen LogP contribution is -2.57. The zero-order chi connectivity index (χ0) is 32.2. The molecule has 0 radical (unpaired) electrons. The van der Waals surface area contributed by atoms with Crippen molar-refractivity contribution in [2.24, 2.45) is 17.8 Å². The summed E-state index contributed by atoms with van der Waals surface area (Å²) in [5.41, 5.74) is -0.223. The first-order valence-corrected chi connectivity index (χ1v) is 16.4. The van der Waals surface area contributed by atoms with Gasteiger partial charge in [0, 0.05) is 57.3 Å². The smallest absolute Gasteiger partial charge is 0.253 e. The van der Waals surface area contributed by atoms with Gasteiger partial charge in [-0.1, -0.05) is 26.0 Å². The highest BCUT2D eigenvalue weighted by atomic mass is 16.5. The van der Waals surface area contributed by atoms with Crippen LogP contribution in [-0.4, -0.2) is 95.7 Å². The minimum atomic E-state index is -1.13. The first-order valence-electron chi connectivity index (χ1n) is 16.4. The molecule has 1 N–H and O–H groups in total. The maximum atomic E-state index is 14.8.